The first kappa shape index (κ1) is 9.60. The van der Waals surface area contributed by atoms with Crippen molar-refractivity contribution in [1.29, 1.82) is 0 Å². The summed E-state index contributed by atoms with van der Waals surface area (Å²) in [6.07, 6.45) is -0.891. The Labute approximate surface area is 86.5 Å². The van der Waals surface area contributed by atoms with Gasteiger partial charge in [0.2, 0.25) is 0 Å². The minimum atomic E-state index is -0.891. The van der Waals surface area contributed by atoms with Crippen LogP contribution < -0.4 is 11.2 Å². The monoisotopic (exact) mass is 205 g/mol. The molecule has 1 aromatic carbocycles. The van der Waals surface area contributed by atoms with E-state index in [0.29, 0.717) is 5.69 Å². The molecule has 0 aliphatic carbocycles. The largest absolute Gasteiger partial charge is 0.384 e. The highest BCUT2D eigenvalue weighted by molar-refractivity contribution is 5.87. The minimum Gasteiger partial charge on any atom is -0.384 e. The number of nitrogens with two attached hydrogens (primary N) is 1. The van der Waals surface area contributed by atoms with Crippen LogP contribution in [0.5, 0.6) is 0 Å². The first-order valence-electron chi connectivity index (χ1n) is 4.50. The highest BCUT2D eigenvalue weighted by Crippen LogP contribution is 2.13. The van der Waals surface area contributed by atoms with E-state index in [1.165, 1.54) is 0 Å². The summed E-state index contributed by atoms with van der Waals surface area (Å²) in [7, 11) is 0. The lowest BCUT2D eigenvalue weighted by Crippen LogP contribution is -2.35. The third-order valence-corrected chi connectivity index (χ3v) is 1.98. The lowest BCUT2D eigenvalue weighted by molar-refractivity contribution is 0.142. The lowest BCUT2D eigenvalue weighted by atomic mass is 10.3. The smallest absolute Gasteiger partial charge is 0.175 e. The molecule has 2 rings (SSSR count). The number of hydrogen-bond acceptors (Lipinski definition) is 6. The van der Waals surface area contributed by atoms with Crippen molar-refractivity contribution in [3.63, 3.8) is 0 Å². The molecule has 2 atom stereocenters. The second kappa shape index (κ2) is 4.05. The van der Waals surface area contributed by atoms with E-state index >= 15 is 0 Å². The number of hydrogen-bond donors (Lipinski definition) is 3. The summed E-state index contributed by atoms with van der Waals surface area (Å²) in [5.41, 5.74) is 8.64. The van der Waals surface area contributed by atoms with Crippen LogP contribution in [0.15, 0.2) is 45.7 Å². The van der Waals surface area contributed by atoms with E-state index in [4.69, 9.17) is 5.73 Å². The normalized spacial score (nSPS) is 25.3. The Kier molecular flexibility index (Phi) is 2.59. The maximum Gasteiger partial charge on any atom is 0.175 e. The predicted octanol–water partition coefficient (Wildman–Crippen LogP) is 0.333. The second-order valence-electron chi connectivity index (χ2n) is 3.11. The van der Waals surface area contributed by atoms with Crippen LogP contribution in [-0.4, -0.2) is 23.2 Å². The number of aliphatic hydroxyl groups excluding tert-OH is 1. The van der Waals surface area contributed by atoms with Gasteiger partial charge in [0.25, 0.3) is 0 Å². The number of hydrazone groups is 1. The van der Waals surface area contributed by atoms with E-state index in [-0.39, 0.29) is 5.84 Å². The van der Waals surface area contributed by atoms with Crippen LogP contribution in [0.1, 0.15) is 0 Å². The average Bonchev–Trinajstić information content (AvgIpc) is 2.58. The molecule has 78 valence electrons. The van der Waals surface area contributed by atoms with Gasteiger partial charge in [-0.1, -0.05) is 18.2 Å². The molecule has 0 spiro atoms. The Morgan fingerprint density at radius 2 is 2.07 bits per heavy atom. The van der Waals surface area contributed by atoms with Crippen LogP contribution in [0.2, 0.25) is 0 Å². The highest BCUT2D eigenvalue weighted by Gasteiger charge is 2.27. The van der Waals surface area contributed by atoms with Crippen LogP contribution in [-0.2, 0) is 0 Å². The molecular weight excluding hydrogens is 194 g/mol. The van der Waals surface area contributed by atoms with Crippen LogP contribution in [0.3, 0.4) is 0 Å². The van der Waals surface area contributed by atoms with Gasteiger partial charge in [-0.25, -0.2) is 0 Å². The first-order valence-corrected chi connectivity index (χ1v) is 4.50. The molecule has 0 saturated heterocycles. The summed E-state index contributed by atoms with van der Waals surface area (Å²) in [6, 6.07) is 8.62. The Balaban J connectivity index is 2.09. The molecule has 1 aliphatic heterocycles. The molecule has 6 heteroatoms. The molecule has 1 aromatic rings. The molecule has 0 bridgehead atoms. The number of aliphatic hydroxyl groups is 1. The topological polar surface area (TPSA) is 95.4 Å². The van der Waals surface area contributed by atoms with Gasteiger partial charge in [0.15, 0.2) is 18.1 Å². The van der Waals surface area contributed by atoms with Crippen molar-refractivity contribution in [3.8, 4) is 0 Å². The van der Waals surface area contributed by atoms with E-state index in [0.717, 1.165) is 0 Å². The summed E-state index contributed by atoms with van der Waals surface area (Å²) < 4.78 is 0. The van der Waals surface area contributed by atoms with E-state index in [1.807, 2.05) is 30.3 Å². The van der Waals surface area contributed by atoms with Gasteiger partial charge in [-0.2, -0.15) is 15.3 Å². The van der Waals surface area contributed by atoms with Crippen molar-refractivity contribution in [2.24, 2.45) is 21.1 Å². The predicted molar refractivity (Wildman–Crippen MR) is 55.5 cm³/mol. The number of rotatable bonds is 2. The van der Waals surface area contributed by atoms with Crippen molar-refractivity contribution in [3.05, 3.63) is 30.3 Å². The zero-order valence-corrected chi connectivity index (χ0v) is 7.91. The Morgan fingerprint density at radius 1 is 1.33 bits per heavy atom. The number of azo groups is 1. The van der Waals surface area contributed by atoms with Crippen LogP contribution >= 0.6 is 0 Å². The molecule has 4 N–H and O–H groups in total. The average molecular weight is 205 g/mol. The molecule has 6 nitrogen and oxygen atoms in total. The quantitative estimate of drug-likeness (QED) is 0.607. The Bertz CT molecular complexity index is 389. The van der Waals surface area contributed by atoms with E-state index in [2.05, 4.69) is 20.8 Å². The number of nitrogens with zero attached hydrogens (tertiary/aromatic N) is 3. The van der Waals surface area contributed by atoms with Gasteiger partial charge < -0.3 is 10.8 Å². The molecule has 0 fully saturated rings. The third-order valence-electron chi connectivity index (χ3n) is 1.98. The number of amidine groups is 1. The van der Waals surface area contributed by atoms with Gasteiger partial charge >= 0.3 is 0 Å². The molecule has 1 aliphatic rings. The fourth-order valence-electron chi connectivity index (χ4n) is 1.18. The van der Waals surface area contributed by atoms with Crippen LogP contribution in [0.25, 0.3) is 0 Å². The Hall–Kier alpha value is -1.95. The van der Waals surface area contributed by atoms with Crippen LogP contribution in [0, 0.1) is 0 Å². The maximum atomic E-state index is 9.38. The van der Waals surface area contributed by atoms with E-state index in [9.17, 15) is 5.11 Å². The summed E-state index contributed by atoms with van der Waals surface area (Å²) in [5.74, 6) is 0.238. The first-order chi connectivity index (χ1) is 7.27. The van der Waals surface area contributed by atoms with E-state index in [1.54, 1.807) is 0 Å². The van der Waals surface area contributed by atoms with Gasteiger partial charge in [0.1, 0.15) is 0 Å². The summed E-state index contributed by atoms with van der Waals surface area (Å²) >= 11 is 0. The second-order valence-corrected chi connectivity index (χ2v) is 3.11. The van der Waals surface area contributed by atoms with Crippen molar-refractivity contribution in [2.75, 3.05) is 0 Å². The molecule has 0 aromatic heterocycles. The fourth-order valence-corrected chi connectivity index (χ4v) is 1.18. The molecule has 0 unspecified atom stereocenters. The molecule has 0 amide bonds. The van der Waals surface area contributed by atoms with Crippen LogP contribution in [0.4, 0.5) is 5.69 Å². The zero-order chi connectivity index (χ0) is 10.7. The van der Waals surface area contributed by atoms with Gasteiger partial charge in [-0.05, 0) is 12.1 Å². The fraction of sp³-hybridized carbons (Fsp3) is 0.222. The molecule has 0 radical (unpaired) electrons. The third kappa shape index (κ3) is 2.10. The van der Waals surface area contributed by atoms with Gasteiger partial charge in [0.05, 0.1) is 5.69 Å². The number of nitrogens with one attached hydrogen (secondary N) is 1. The minimum absolute atomic E-state index is 0.238. The van der Waals surface area contributed by atoms with Crippen molar-refractivity contribution < 1.29 is 5.11 Å². The Morgan fingerprint density at radius 3 is 2.67 bits per heavy atom. The van der Waals surface area contributed by atoms with Crippen molar-refractivity contribution >= 4 is 11.5 Å². The zero-order valence-electron chi connectivity index (χ0n) is 7.91. The van der Waals surface area contributed by atoms with Crippen molar-refractivity contribution in [2.45, 2.75) is 12.3 Å². The summed E-state index contributed by atoms with van der Waals surface area (Å²) in [4.78, 5) is 0. The molecule has 15 heavy (non-hydrogen) atoms. The van der Waals surface area contributed by atoms with Gasteiger partial charge in [-0.15, -0.1) is 0 Å². The van der Waals surface area contributed by atoms with E-state index < -0.39 is 12.3 Å². The maximum absolute atomic E-state index is 9.38. The standard InChI is InChI=1S/C9H11N5O/c10-8-7(9(15)14-13-8)12-11-6-4-2-1-3-5-6/h1-5,7,9,14-15H,(H2,10,13)/t7-,9-/m1/s1. The summed E-state index contributed by atoms with van der Waals surface area (Å²) in [5, 5.41) is 20.9. The van der Waals surface area contributed by atoms with Gasteiger partial charge in [0, 0.05) is 0 Å². The molecular formula is C9H11N5O. The van der Waals surface area contributed by atoms with Gasteiger partial charge in [-0.3, -0.25) is 5.43 Å². The molecule has 1 heterocycles. The van der Waals surface area contributed by atoms with Crippen molar-refractivity contribution in [1.82, 2.24) is 5.43 Å². The molecule has 0 saturated carbocycles. The summed E-state index contributed by atoms with van der Waals surface area (Å²) in [6.45, 7) is 0. The highest BCUT2D eigenvalue weighted by atomic mass is 16.3. The SMILES string of the molecule is NC1=NN[C@H](O)[C@@H]1N=Nc1ccccc1. The lowest BCUT2D eigenvalue weighted by Gasteiger charge is -2.06. The number of benzene rings is 1.